The van der Waals surface area contributed by atoms with Gasteiger partial charge in [-0.2, -0.15) is 13.2 Å². The Morgan fingerprint density at radius 3 is 2.18 bits per heavy atom. The molecule has 1 rings (SSSR count). The Labute approximate surface area is 94.6 Å². The molecule has 17 heavy (non-hydrogen) atoms. The number of sulfone groups is 1. The number of alkyl halides is 3. The lowest BCUT2D eigenvalue weighted by molar-refractivity contribution is -0.140. The lowest BCUT2D eigenvalue weighted by atomic mass is 10.1. The highest BCUT2D eigenvalue weighted by atomic mass is 32.2. The molecule has 0 radical (unpaired) electrons. The van der Waals surface area contributed by atoms with Crippen molar-refractivity contribution in [1.82, 2.24) is 0 Å². The van der Waals surface area contributed by atoms with Crippen LogP contribution in [0.3, 0.4) is 0 Å². The van der Waals surface area contributed by atoms with E-state index in [9.17, 15) is 26.0 Å². The van der Waals surface area contributed by atoms with E-state index in [1.807, 2.05) is 0 Å². The molecule has 0 fully saturated rings. The monoisotopic (exact) mass is 272 g/mol. The third-order valence-corrected chi connectivity index (χ3v) is 3.21. The zero-order valence-electron chi connectivity index (χ0n) is 8.55. The Bertz CT molecular complexity index is 534. The summed E-state index contributed by atoms with van der Waals surface area (Å²) in [5.74, 6) is -1.88. The number of rotatable bonds is 2. The second kappa shape index (κ2) is 4.26. The van der Waals surface area contributed by atoms with Gasteiger partial charge in [0.1, 0.15) is 4.90 Å². The van der Waals surface area contributed by atoms with Crippen LogP contribution < -0.4 is 0 Å². The molecule has 96 valence electrons. The average molecular weight is 272 g/mol. The Morgan fingerprint density at radius 1 is 1.29 bits per heavy atom. The SMILES string of the molecule is CS(=O)(=O)c1c(CO)ccc(C(F)(F)F)c1F. The number of aliphatic hydroxyl groups is 1. The maximum atomic E-state index is 13.5. The molecular weight excluding hydrogens is 264 g/mol. The molecule has 0 amide bonds. The molecule has 8 heteroatoms. The first-order valence-electron chi connectivity index (χ1n) is 4.28. The van der Waals surface area contributed by atoms with Gasteiger partial charge in [0.25, 0.3) is 0 Å². The molecular formula is C9H8F4O3S. The molecule has 0 spiro atoms. The zero-order chi connectivity index (χ0) is 13.4. The smallest absolute Gasteiger partial charge is 0.392 e. The number of halogens is 4. The topological polar surface area (TPSA) is 54.4 Å². The maximum absolute atomic E-state index is 13.5. The van der Waals surface area contributed by atoms with Crippen molar-refractivity contribution in [2.75, 3.05) is 6.26 Å². The summed E-state index contributed by atoms with van der Waals surface area (Å²) in [6.45, 7) is -0.864. The largest absolute Gasteiger partial charge is 0.419 e. The van der Waals surface area contributed by atoms with Gasteiger partial charge in [-0.15, -0.1) is 0 Å². The van der Waals surface area contributed by atoms with Gasteiger partial charge in [-0.25, -0.2) is 12.8 Å². The maximum Gasteiger partial charge on any atom is 0.419 e. The number of hydrogen-bond acceptors (Lipinski definition) is 3. The minimum absolute atomic E-state index is 0.398. The van der Waals surface area contributed by atoms with E-state index in [2.05, 4.69) is 0 Å². The minimum Gasteiger partial charge on any atom is -0.392 e. The van der Waals surface area contributed by atoms with E-state index in [0.717, 1.165) is 6.07 Å². The van der Waals surface area contributed by atoms with Crippen LogP contribution in [0.25, 0.3) is 0 Å². The summed E-state index contributed by atoms with van der Waals surface area (Å²) < 4.78 is 73.0. The minimum atomic E-state index is -4.99. The van der Waals surface area contributed by atoms with Crippen LogP contribution in [0, 0.1) is 5.82 Å². The van der Waals surface area contributed by atoms with Gasteiger partial charge in [0.15, 0.2) is 15.7 Å². The summed E-state index contributed by atoms with van der Waals surface area (Å²) in [6, 6.07) is 1.14. The highest BCUT2D eigenvalue weighted by Gasteiger charge is 2.37. The van der Waals surface area contributed by atoms with Crippen LogP contribution in [0.5, 0.6) is 0 Å². The van der Waals surface area contributed by atoms with Crippen molar-refractivity contribution in [3.63, 3.8) is 0 Å². The fourth-order valence-electron chi connectivity index (χ4n) is 1.34. The van der Waals surface area contributed by atoms with Gasteiger partial charge in [-0.3, -0.25) is 0 Å². The second-order valence-corrected chi connectivity index (χ2v) is 5.30. The predicted molar refractivity (Wildman–Crippen MR) is 50.4 cm³/mol. The van der Waals surface area contributed by atoms with E-state index in [4.69, 9.17) is 5.11 Å². The van der Waals surface area contributed by atoms with Crippen molar-refractivity contribution in [2.45, 2.75) is 17.7 Å². The lowest BCUT2D eigenvalue weighted by Crippen LogP contribution is -2.14. The third kappa shape index (κ3) is 2.75. The molecule has 0 saturated heterocycles. The third-order valence-electron chi connectivity index (χ3n) is 2.03. The normalized spacial score (nSPS) is 12.8. The Kier molecular flexibility index (Phi) is 3.49. The van der Waals surface area contributed by atoms with Crippen LogP contribution in [0.4, 0.5) is 17.6 Å². The quantitative estimate of drug-likeness (QED) is 0.834. The van der Waals surface area contributed by atoms with Crippen LogP contribution in [0.1, 0.15) is 11.1 Å². The average Bonchev–Trinajstić information content (AvgIpc) is 2.12. The molecule has 1 aromatic carbocycles. The molecule has 0 unspecified atom stereocenters. The summed E-state index contributed by atoms with van der Waals surface area (Å²) in [7, 11) is -4.19. The van der Waals surface area contributed by atoms with Gasteiger partial charge < -0.3 is 5.11 Å². The standard InChI is InChI=1S/C9H8F4O3S/c1-17(15,16)8-5(4-14)2-3-6(7(8)10)9(11,12)13/h2-3,14H,4H2,1H3. The van der Waals surface area contributed by atoms with Crippen LogP contribution in [-0.2, 0) is 22.6 Å². The van der Waals surface area contributed by atoms with Gasteiger partial charge >= 0.3 is 6.18 Å². The highest BCUT2D eigenvalue weighted by Crippen LogP contribution is 2.35. The van der Waals surface area contributed by atoms with E-state index in [1.54, 1.807) is 0 Å². The Morgan fingerprint density at radius 2 is 1.82 bits per heavy atom. The predicted octanol–water partition coefficient (Wildman–Crippen LogP) is 1.74. The number of aliphatic hydroxyl groups excluding tert-OH is 1. The van der Waals surface area contributed by atoms with Gasteiger partial charge in [0, 0.05) is 6.26 Å². The van der Waals surface area contributed by atoms with Crippen LogP contribution >= 0.6 is 0 Å². The van der Waals surface area contributed by atoms with Crippen LogP contribution in [-0.4, -0.2) is 19.8 Å². The zero-order valence-corrected chi connectivity index (χ0v) is 9.36. The molecule has 1 aromatic rings. The van der Waals surface area contributed by atoms with Crippen molar-refractivity contribution in [3.05, 3.63) is 29.1 Å². The molecule has 0 saturated carbocycles. The fourth-order valence-corrected chi connectivity index (χ4v) is 2.38. The van der Waals surface area contributed by atoms with E-state index < -0.39 is 44.5 Å². The summed E-state index contributed by atoms with van der Waals surface area (Å²) in [5.41, 5.74) is -2.08. The molecule has 0 aromatic heterocycles. The molecule has 0 atom stereocenters. The summed E-state index contributed by atoms with van der Waals surface area (Å²) in [4.78, 5) is -1.12. The van der Waals surface area contributed by atoms with Gasteiger partial charge in [0.2, 0.25) is 0 Å². The van der Waals surface area contributed by atoms with Crippen molar-refractivity contribution in [2.24, 2.45) is 0 Å². The van der Waals surface area contributed by atoms with Crippen molar-refractivity contribution < 1.29 is 31.1 Å². The summed E-state index contributed by atoms with van der Waals surface area (Å²) in [5, 5.41) is 8.79. The van der Waals surface area contributed by atoms with Crippen molar-refractivity contribution in [1.29, 1.82) is 0 Å². The Balaban J connectivity index is 3.67. The van der Waals surface area contributed by atoms with Crippen molar-refractivity contribution >= 4 is 9.84 Å². The van der Waals surface area contributed by atoms with E-state index >= 15 is 0 Å². The van der Waals surface area contributed by atoms with E-state index in [-0.39, 0.29) is 0 Å². The highest BCUT2D eigenvalue weighted by molar-refractivity contribution is 7.90. The molecule has 0 aliphatic heterocycles. The van der Waals surface area contributed by atoms with Gasteiger partial charge in [-0.1, -0.05) is 6.07 Å². The summed E-state index contributed by atoms with van der Waals surface area (Å²) in [6.07, 6.45) is -4.41. The molecule has 1 N–H and O–H groups in total. The second-order valence-electron chi connectivity index (χ2n) is 3.34. The fraction of sp³-hybridized carbons (Fsp3) is 0.333. The van der Waals surface area contributed by atoms with E-state index in [1.165, 1.54) is 0 Å². The van der Waals surface area contributed by atoms with Crippen LogP contribution in [0.2, 0.25) is 0 Å². The molecule has 0 heterocycles. The first kappa shape index (κ1) is 13.9. The first-order valence-corrected chi connectivity index (χ1v) is 6.17. The molecule has 0 aliphatic carbocycles. The lowest BCUT2D eigenvalue weighted by Gasteiger charge is -2.13. The van der Waals surface area contributed by atoms with Crippen molar-refractivity contribution in [3.8, 4) is 0 Å². The molecule has 0 aliphatic rings. The molecule has 0 bridgehead atoms. The Hall–Kier alpha value is -1.15. The van der Waals surface area contributed by atoms with Gasteiger partial charge in [-0.05, 0) is 11.6 Å². The van der Waals surface area contributed by atoms with Crippen LogP contribution in [0.15, 0.2) is 17.0 Å². The first-order chi connectivity index (χ1) is 7.59. The summed E-state index contributed by atoms with van der Waals surface area (Å²) >= 11 is 0. The molecule has 3 nitrogen and oxygen atoms in total. The van der Waals surface area contributed by atoms with Gasteiger partial charge in [0.05, 0.1) is 12.2 Å². The number of benzene rings is 1. The van der Waals surface area contributed by atoms with E-state index in [0.29, 0.717) is 12.3 Å². The number of hydrogen-bond donors (Lipinski definition) is 1.